The predicted molar refractivity (Wildman–Crippen MR) is 23.8 cm³/mol. The Balaban J connectivity index is 3.00. The highest BCUT2D eigenvalue weighted by molar-refractivity contribution is 6.13. The molecule has 0 N–H and O–H groups in total. The van der Waals surface area contributed by atoms with Crippen molar-refractivity contribution in [2.24, 2.45) is 0 Å². The van der Waals surface area contributed by atoms with Crippen molar-refractivity contribution in [2.45, 2.75) is 0 Å². The van der Waals surface area contributed by atoms with Crippen LogP contribution in [0.1, 0.15) is 0 Å². The van der Waals surface area contributed by atoms with Crippen LogP contribution in [0, 0.1) is 0 Å². The molecule has 3 nitrogen and oxygen atoms in total. The zero-order valence-electron chi connectivity index (χ0n) is 3.81. The number of ether oxygens (including phenoxy) is 1. The van der Waals surface area contributed by atoms with Gasteiger partial charge in [0.1, 0.15) is 18.5 Å². The van der Waals surface area contributed by atoms with E-state index in [1.807, 2.05) is 0 Å². The van der Waals surface area contributed by atoms with E-state index >= 15 is 0 Å². The van der Waals surface area contributed by atoms with Crippen LogP contribution in [-0.4, -0.2) is 19.7 Å². The first kappa shape index (κ1) is 6.72. The van der Waals surface area contributed by atoms with Crippen LogP contribution in [-0.2, 0) is 13.8 Å². The van der Waals surface area contributed by atoms with Gasteiger partial charge in [0.05, 0.1) is 0 Å². The molecule has 42 valence electrons. The molecule has 0 aromatic rings. The number of hydrogen-bond acceptors (Lipinski definition) is 3. The number of carbonyl (C=O) groups is 1. The summed E-state index contributed by atoms with van der Waals surface area (Å²) < 4.78 is 8.03. The molecule has 0 aliphatic rings. The molecule has 0 fully saturated rings. The van der Waals surface area contributed by atoms with Crippen molar-refractivity contribution in [2.75, 3.05) is 13.7 Å². The fourth-order valence-electron chi connectivity index (χ4n) is 0.140. The van der Waals surface area contributed by atoms with Gasteiger partial charge >= 0.3 is 5.97 Å². The Bertz CT molecular complexity index is 63.2. The van der Waals surface area contributed by atoms with Gasteiger partial charge in [-0.2, -0.15) is 0 Å². The number of methoxy groups -OCH3 is 1. The number of carbonyl (C=O) groups excluding carboxylic acids is 1. The molecular formula is C3H5ClO3. The maximum Gasteiger partial charge on any atom is 0.350 e. The summed E-state index contributed by atoms with van der Waals surface area (Å²) in [6.07, 6.45) is 0. The average molecular weight is 125 g/mol. The van der Waals surface area contributed by atoms with Crippen molar-refractivity contribution < 1.29 is 13.8 Å². The molecule has 0 bridgehead atoms. The van der Waals surface area contributed by atoms with Crippen LogP contribution in [0.25, 0.3) is 0 Å². The summed E-state index contributed by atoms with van der Waals surface area (Å²) in [5, 5.41) is 0. The molecule has 7 heavy (non-hydrogen) atoms. The van der Waals surface area contributed by atoms with Gasteiger partial charge in [-0.25, -0.2) is 4.79 Å². The van der Waals surface area contributed by atoms with E-state index in [-0.39, 0.29) is 6.61 Å². The summed E-state index contributed by atoms with van der Waals surface area (Å²) in [4.78, 5) is 9.93. The molecule has 0 amide bonds. The summed E-state index contributed by atoms with van der Waals surface area (Å²) in [6.45, 7) is -0.0938. The fraction of sp³-hybridized carbons (Fsp3) is 0.667. The molecule has 0 saturated carbocycles. The first-order valence-electron chi connectivity index (χ1n) is 1.61. The van der Waals surface area contributed by atoms with Gasteiger partial charge in [-0.1, -0.05) is 0 Å². The molecule has 0 rings (SSSR count). The van der Waals surface area contributed by atoms with E-state index in [4.69, 9.17) is 0 Å². The summed E-state index contributed by atoms with van der Waals surface area (Å²) in [6, 6.07) is 0. The van der Waals surface area contributed by atoms with Crippen LogP contribution in [0.3, 0.4) is 0 Å². The van der Waals surface area contributed by atoms with Gasteiger partial charge in [-0.05, 0) is 0 Å². The average Bonchev–Trinajstić information content (AvgIpc) is 1.68. The topological polar surface area (TPSA) is 35.5 Å². The van der Waals surface area contributed by atoms with Crippen LogP contribution >= 0.6 is 11.9 Å². The van der Waals surface area contributed by atoms with Crippen molar-refractivity contribution in [1.29, 1.82) is 0 Å². The minimum Gasteiger partial charge on any atom is -0.373 e. The van der Waals surface area contributed by atoms with Crippen molar-refractivity contribution in [1.82, 2.24) is 0 Å². The van der Waals surface area contributed by atoms with E-state index in [0.29, 0.717) is 0 Å². The predicted octanol–water partition coefficient (Wildman–Crippen LogP) is 0.330. The highest BCUT2D eigenvalue weighted by atomic mass is 35.5. The van der Waals surface area contributed by atoms with Gasteiger partial charge in [0.15, 0.2) is 0 Å². The largest absolute Gasteiger partial charge is 0.373 e. The molecule has 0 aliphatic carbocycles. The van der Waals surface area contributed by atoms with E-state index in [0.717, 1.165) is 0 Å². The molecule has 0 radical (unpaired) electrons. The van der Waals surface area contributed by atoms with Gasteiger partial charge in [0, 0.05) is 7.11 Å². The molecular weight excluding hydrogens is 119 g/mol. The van der Waals surface area contributed by atoms with Crippen LogP contribution in [0.5, 0.6) is 0 Å². The van der Waals surface area contributed by atoms with Gasteiger partial charge < -0.3 is 9.03 Å². The maximum absolute atomic E-state index is 9.93. The quantitative estimate of drug-likeness (QED) is 0.532. The Morgan fingerprint density at radius 3 is 2.57 bits per heavy atom. The lowest BCUT2D eigenvalue weighted by Crippen LogP contribution is -2.04. The van der Waals surface area contributed by atoms with Crippen molar-refractivity contribution in [3.8, 4) is 0 Å². The second kappa shape index (κ2) is 3.89. The van der Waals surface area contributed by atoms with Crippen molar-refractivity contribution in [3.63, 3.8) is 0 Å². The van der Waals surface area contributed by atoms with E-state index in [1.165, 1.54) is 7.11 Å². The molecule has 4 heteroatoms. The van der Waals surface area contributed by atoms with E-state index < -0.39 is 5.97 Å². The number of halogens is 1. The van der Waals surface area contributed by atoms with Crippen molar-refractivity contribution in [3.05, 3.63) is 0 Å². The highest BCUT2D eigenvalue weighted by Crippen LogP contribution is 1.80. The van der Waals surface area contributed by atoms with E-state index in [9.17, 15) is 4.79 Å². The summed E-state index contributed by atoms with van der Waals surface area (Å²) in [5.41, 5.74) is 0. The van der Waals surface area contributed by atoms with E-state index in [2.05, 4.69) is 20.9 Å². The fourth-order valence-corrected chi connectivity index (χ4v) is 0.185. The lowest BCUT2D eigenvalue weighted by molar-refractivity contribution is -0.137. The van der Waals surface area contributed by atoms with E-state index in [1.54, 1.807) is 0 Å². The summed E-state index contributed by atoms with van der Waals surface area (Å²) in [7, 11) is 1.38. The molecule has 0 heterocycles. The second-order valence-electron chi connectivity index (χ2n) is 0.882. The first-order valence-corrected chi connectivity index (χ1v) is 1.92. The molecule has 0 saturated heterocycles. The summed E-state index contributed by atoms with van der Waals surface area (Å²) in [5.74, 6) is -0.579. The third kappa shape index (κ3) is 3.55. The minimum absolute atomic E-state index is 0.0938. The molecule has 0 spiro atoms. The van der Waals surface area contributed by atoms with Crippen LogP contribution < -0.4 is 0 Å². The molecule has 0 atom stereocenters. The molecule has 0 unspecified atom stereocenters. The van der Waals surface area contributed by atoms with Gasteiger partial charge in [-0.3, -0.25) is 0 Å². The monoisotopic (exact) mass is 124 g/mol. The molecule has 0 aliphatic heterocycles. The van der Waals surface area contributed by atoms with Gasteiger partial charge in [0.25, 0.3) is 0 Å². The van der Waals surface area contributed by atoms with Gasteiger partial charge in [0.2, 0.25) is 0 Å². The SMILES string of the molecule is COCC(=O)OCl. The zero-order chi connectivity index (χ0) is 5.70. The third-order valence-corrected chi connectivity index (χ3v) is 0.520. The minimum atomic E-state index is -0.579. The zero-order valence-corrected chi connectivity index (χ0v) is 4.57. The Morgan fingerprint density at radius 1 is 1.86 bits per heavy atom. The van der Waals surface area contributed by atoms with Crippen molar-refractivity contribution >= 4 is 17.8 Å². The first-order chi connectivity index (χ1) is 3.31. The Morgan fingerprint density at radius 2 is 2.43 bits per heavy atom. The van der Waals surface area contributed by atoms with Gasteiger partial charge in [-0.15, -0.1) is 0 Å². The summed E-state index contributed by atoms with van der Waals surface area (Å²) >= 11 is 4.60. The normalized spacial score (nSPS) is 8.29. The molecule has 0 aromatic heterocycles. The maximum atomic E-state index is 9.93. The van der Waals surface area contributed by atoms with Crippen LogP contribution in [0.4, 0.5) is 0 Å². The smallest absolute Gasteiger partial charge is 0.350 e. The lowest BCUT2D eigenvalue weighted by Gasteiger charge is -1.89. The number of rotatable bonds is 2. The third-order valence-electron chi connectivity index (χ3n) is 0.348. The Kier molecular flexibility index (Phi) is 3.74. The van der Waals surface area contributed by atoms with Crippen LogP contribution in [0.15, 0.2) is 0 Å². The Hall–Kier alpha value is -0.280. The molecule has 0 aromatic carbocycles. The lowest BCUT2D eigenvalue weighted by atomic mass is 10.8. The standard InChI is InChI=1S/C3H5ClO3/c1-6-2-3(5)7-4/h2H2,1H3. The van der Waals surface area contributed by atoms with Crippen LogP contribution in [0.2, 0.25) is 0 Å². The number of hydrogen-bond donors (Lipinski definition) is 0. The Labute approximate surface area is 46.3 Å². The second-order valence-corrected chi connectivity index (χ2v) is 1.04. The highest BCUT2D eigenvalue weighted by Gasteiger charge is 1.95.